The van der Waals surface area contributed by atoms with Crippen molar-refractivity contribution in [2.45, 2.75) is 31.5 Å². The number of halogens is 3. The molecule has 8 heteroatoms. The molecule has 0 saturated carbocycles. The van der Waals surface area contributed by atoms with E-state index in [1.54, 1.807) is 12.1 Å². The van der Waals surface area contributed by atoms with E-state index in [0.29, 0.717) is 5.92 Å². The summed E-state index contributed by atoms with van der Waals surface area (Å²) in [5.41, 5.74) is 1.90. The molecule has 0 spiro atoms. The third kappa shape index (κ3) is 4.44. The predicted molar refractivity (Wildman–Crippen MR) is 98.2 cm³/mol. The van der Waals surface area contributed by atoms with Gasteiger partial charge in [0.15, 0.2) is 12.3 Å². The summed E-state index contributed by atoms with van der Waals surface area (Å²) in [4.78, 5) is 2.35. The van der Waals surface area contributed by atoms with Gasteiger partial charge in [0.2, 0.25) is 0 Å². The van der Waals surface area contributed by atoms with E-state index in [1.807, 2.05) is 40.9 Å². The van der Waals surface area contributed by atoms with Crippen LogP contribution >= 0.6 is 0 Å². The maximum Gasteiger partial charge on any atom is 0.422 e. The molecule has 148 valence electrons. The van der Waals surface area contributed by atoms with Gasteiger partial charge in [0, 0.05) is 25.2 Å². The van der Waals surface area contributed by atoms with Gasteiger partial charge in [-0.25, -0.2) is 0 Å². The van der Waals surface area contributed by atoms with Crippen molar-refractivity contribution in [3.05, 3.63) is 60.0 Å². The minimum absolute atomic E-state index is 0.229. The SMILES string of the molecule is FC(F)(F)COc1ccc(CN2CCCC(c3nnc4ccccn34)C2)cc1. The molecule has 0 aliphatic carbocycles. The van der Waals surface area contributed by atoms with Crippen molar-refractivity contribution in [3.8, 4) is 5.75 Å². The summed E-state index contributed by atoms with van der Waals surface area (Å²) >= 11 is 0. The van der Waals surface area contributed by atoms with Crippen LogP contribution in [0.5, 0.6) is 5.75 Å². The maximum absolute atomic E-state index is 12.2. The van der Waals surface area contributed by atoms with Crippen molar-refractivity contribution in [1.29, 1.82) is 0 Å². The molecule has 0 radical (unpaired) electrons. The second-order valence-corrected chi connectivity index (χ2v) is 7.11. The van der Waals surface area contributed by atoms with Gasteiger partial charge in [-0.1, -0.05) is 18.2 Å². The molecule has 3 aromatic rings. The lowest BCUT2D eigenvalue weighted by atomic mass is 9.96. The molecular formula is C20H21F3N4O. The van der Waals surface area contributed by atoms with Crippen LogP contribution in [0.25, 0.3) is 5.65 Å². The number of rotatable bonds is 5. The summed E-state index contributed by atoms with van der Waals surface area (Å²) in [6, 6.07) is 12.7. The molecule has 1 saturated heterocycles. The molecule has 1 unspecified atom stereocenters. The fourth-order valence-electron chi connectivity index (χ4n) is 3.66. The number of nitrogens with zero attached hydrogens (tertiary/aromatic N) is 4. The van der Waals surface area contributed by atoms with Gasteiger partial charge in [0.05, 0.1) is 0 Å². The van der Waals surface area contributed by atoms with Crippen molar-refractivity contribution >= 4 is 5.65 Å². The molecule has 1 aromatic carbocycles. The fourth-order valence-corrected chi connectivity index (χ4v) is 3.66. The third-order valence-electron chi connectivity index (χ3n) is 4.94. The highest BCUT2D eigenvalue weighted by Gasteiger charge is 2.28. The van der Waals surface area contributed by atoms with Crippen molar-refractivity contribution in [2.75, 3.05) is 19.7 Å². The number of pyridine rings is 1. The predicted octanol–water partition coefficient (Wildman–Crippen LogP) is 4.05. The summed E-state index contributed by atoms with van der Waals surface area (Å²) in [5.74, 6) is 1.52. The van der Waals surface area contributed by atoms with Gasteiger partial charge in [0.1, 0.15) is 11.6 Å². The number of hydrogen-bond acceptors (Lipinski definition) is 4. The van der Waals surface area contributed by atoms with Gasteiger partial charge >= 0.3 is 6.18 Å². The Balaban J connectivity index is 1.39. The van der Waals surface area contributed by atoms with Crippen molar-refractivity contribution in [1.82, 2.24) is 19.5 Å². The smallest absolute Gasteiger partial charge is 0.422 e. The molecule has 0 N–H and O–H groups in total. The lowest BCUT2D eigenvalue weighted by Gasteiger charge is -2.32. The molecule has 5 nitrogen and oxygen atoms in total. The van der Waals surface area contributed by atoms with Gasteiger partial charge in [-0.15, -0.1) is 10.2 Å². The summed E-state index contributed by atoms with van der Waals surface area (Å²) in [6.45, 7) is 1.33. The molecule has 1 atom stereocenters. The van der Waals surface area contributed by atoms with Crippen LogP contribution in [0, 0.1) is 0 Å². The van der Waals surface area contributed by atoms with E-state index in [-0.39, 0.29) is 5.75 Å². The van der Waals surface area contributed by atoms with E-state index >= 15 is 0 Å². The van der Waals surface area contributed by atoms with E-state index in [0.717, 1.165) is 49.5 Å². The topological polar surface area (TPSA) is 42.7 Å². The summed E-state index contributed by atoms with van der Waals surface area (Å²) < 4.78 is 43.5. The van der Waals surface area contributed by atoms with Crippen LogP contribution < -0.4 is 4.74 Å². The van der Waals surface area contributed by atoms with Crippen LogP contribution in [0.3, 0.4) is 0 Å². The van der Waals surface area contributed by atoms with Crippen molar-refractivity contribution in [2.24, 2.45) is 0 Å². The van der Waals surface area contributed by atoms with Gasteiger partial charge in [-0.2, -0.15) is 13.2 Å². The van der Waals surface area contributed by atoms with Crippen molar-refractivity contribution in [3.63, 3.8) is 0 Å². The van der Waals surface area contributed by atoms with Crippen LogP contribution in [0.2, 0.25) is 0 Å². The zero-order chi connectivity index (χ0) is 19.6. The number of piperidine rings is 1. The van der Waals surface area contributed by atoms with Gasteiger partial charge in [-0.05, 0) is 49.2 Å². The Morgan fingerprint density at radius 1 is 1.07 bits per heavy atom. The first-order valence-electron chi connectivity index (χ1n) is 9.28. The minimum atomic E-state index is -4.33. The second kappa shape index (κ2) is 7.79. The summed E-state index contributed by atoms with van der Waals surface area (Å²) in [6.07, 6.45) is -0.202. The minimum Gasteiger partial charge on any atom is -0.484 e. The molecule has 2 aromatic heterocycles. The Morgan fingerprint density at radius 3 is 2.68 bits per heavy atom. The largest absolute Gasteiger partial charge is 0.484 e. The van der Waals surface area contributed by atoms with Crippen LogP contribution in [-0.4, -0.2) is 45.4 Å². The lowest BCUT2D eigenvalue weighted by molar-refractivity contribution is -0.153. The number of hydrogen-bond donors (Lipinski definition) is 0. The Hall–Kier alpha value is -2.61. The third-order valence-corrected chi connectivity index (χ3v) is 4.94. The summed E-state index contributed by atoms with van der Waals surface area (Å²) in [7, 11) is 0. The standard InChI is InChI=1S/C20H21F3N4O/c21-20(22,23)14-28-17-8-6-15(7-9-17)12-26-10-3-4-16(13-26)19-25-24-18-5-1-2-11-27(18)19/h1-2,5-9,11,16H,3-4,10,12-14H2. The van der Waals surface area contributed by atoms with Crippen LogP contribution in [0.1, 0.15) is 30.1 Å². The second-order valence-electron chi connectivity index (χ2n) is 7.11. The fraction of sp³-hybridized carbons (Fsp3) is 0.400. The first-order chi connectivity index (χ1) is 13.5. The van der Waals surface area contributed by atoms with Gasteiger partial charge < -0.3 is 4.74 Å². The summed E-state index contributed by atoms with van der Waals surface area (Å²) in [5, 5.41) is 8.64. The van der Waals surface area contributed by atoms with Crippen LogP contribution in [0.4, 0.5) is 13.2 Å². The maximum atomic E-state index is 12.2. The average Bonchev–Trinajstić information content (AvgIpc) is 3.11. The molecule has 28 heavy (non-hydrogen) atoms. The van der Waals surface area contributed by atoms with E-state index in [1.165, 1.54) is 0 Å². The number of fused-ring (bicyclic) bond motifs is 1. The Bertz CT molecular complexity index is 923. The number of alkyl halides is 3. The molecule has 3 heterocycles. The zero-order valence-corrected chi connectivity index (χ0v) is 15.3. The first kappa shape index (κ1) is 18.7. The Morgan fingerprint density at radius 2 is 1.89 bits per heavy atom. The highest BCUT2D eigenvalue weighted by atomic mass is 19.4. The Kier molecular flexibility index (Phi) is 5.21. The normalized spacial score (nSPS) is 18.5. The molecule has 0 amide bonds. The van der Waals surface area contributed by atoms with Crippen molar-refractivity contribution < 1.29 is 17.9 Å². The van der Waals surface area contributed by atoms with Gasteiger partial charge in [0.25, 0.3) is 0 Å². The molecule has 1 aliphatic heterocycles. The average molecular weight is 390 g/mol. The monoisotopic (exact) mass is 390 g/mol. The number of benzene rings is 1. The first-order valence-corrected chi connectivity index (χ1v) is 9.28. The van der Waals surface area contributed by atoms with E-state index < -0.39 is 12.8 Å². The number of likely N-dealkylation sites (tertiary alicyclic amines) is 1. The molecule has 4 rings (SSSR count). The highest BCUT2D eigenvalue weighted by Crippen LogP contribution is 2.27. The highest BCUT2D eigenvalue weighted by molar-refractivity contribution is 5.37. The Labute approximate surface area is 160 Å². The van der Waals surface area contributed by atoms with Crippen LogP contribution in [0.15, 0.2) is 48.7 Å². The molecule has 1 fully saturated rings. The van der Waals surface area contributed by atoms with E-state index in [2.05, 4.69) is 15.1 Å². The molecule has 1 aliphatic rings. The molecular weight excluding hydrogens is 369 g/mol. The van der Waals surface area contributed by atoms with Crippen LogP contribution in [-0.2, 0) is 6.54 Å². The van der Waals surface area contributed by atoms with E-state index in [4.69, 9.17) is 4.74 Å². The quantitative estimate of drug-likeness (QED) is 0.659. The van der Waals surface area contributed by atoms with E-state index in [9.17, 15) is 13.2 Å². The number of ether oxygens (including phenoxy) is 1. The zero-order valence-electron chi connectivity index (χ0n) is 15.3. The molecule has 0 bridgehead atoms. The lowest BCUT2D eigenvalue weighted by Crippen LogP contribution is -2.34. The number of aromatic nitrogens is 3. The van der Waals surface area contributed by atoms with Gasteiger partial charge in [-0.3, -0.25) is 9.30 Å².